The van der Waals surface area contributed by atoms with Crippen molar-refractivity contribution in [2.24, 2.45) is 29.6 Å². The summed E-state index contributed by atoms with van der Waals surface area (Å²) in [5.41, 5.74) is -0.648. The molecule has 0 amide bonds. The van der Waals surface area contributed by atoms with E-state index in [1.807, 2.05) is 13.8 Å². The normalized spacial score (nSPS) is 47.3. The average Bonchev–Trinajstić information content (AvgIpc) is 2.39. The van der Waals surface area contributed by atoms with Crippen LogP contribution in [0.5, 0.6) is 0 Å². The molecule has 5 rings (SSSR count). The number of hydrogen-bond donors (Lipinski definition) is 0. The summed E-state index contributed by atoms with van der Waals surface area (Å²) in [5, 5.41) is 1.71. The second kappa shape index (κ2) is 4.31. The van der Waals surface area contributed by atoms with Gasteiger partial charge in [0.05, 0.1) is 0 Å². The second-order valence-electron chi connectivity index (χ2n) is 8.28. The molecule has 0 aromatic heterocycles. The Hall–Kier alpha value is -0.900. The van der Waals surface area contributed by atoms with Gasteiger partial charge >= 0.3 is 5.97 Å². The average molecular weight is 291 g/mol. The highest BCUT2D eigenvalue weighted by atomic mass is 16.7. The molecule has 1 unspecified atom stereocenters. The quantitative estimate of drug-likeness (QED) is 0.784. The Bertz CT molecular complexity index is 470. The van der Waals surface area contributed by atoms with Crippen LogP contribution in [0.3, 0.4) is 0 Å². The minimum Gasteiger partial charge on any atom is -0.367 e. The van der Waals surface area contributed by atoms with Crippen LogP contribution in [0.15, 0.2) is 0 Å². The second-order valence-corrected chi connectivity index (χ2v) is 8.28. The van der Waals surface area contributed by atoms with Crippen LogP contribution in [0.1, 0.15) is 52.9 Å². The van der Waals surface area contributed by atoms with Gasteiger partial charge in [0.2, 0.25) is 0 Å². The van der Waals surface area contributed by atoms with Crippen LogP contribution in [-0.2, 0) is 14.4 Å². The Balaban J connectivity index is 1.60. The zero-order valence-corrected chi connectivity index (χ0v) is 13.2. The Morgan fingerprint density at radius 2 is 1.62 bits per heavy atom. The Labute approximate surface area is 126 Å². The maximum Gasteiger partial charge on any atom is 0.322 e. The van der Waals surface area contributed by atoms with E-state index in [0.29, 0.717) is 17.8 Å². The molecule has 0 aromatic rings. The number of carbonyl (C=O) groups is 2. The van der Waals surface area contributed by atoms with Crippen molar-refractivity contribution >= 4 is 11.8 Å². The summed E-state index contributed by atoms with van der Waals surface area (Å²) >= 11 is 0. The van der Waals surface area contributed by atoms with Gasteiger partial charge in [0.25, 0.3) is 0 Å². The lowest BCUT2D eigenvalue weighted by molar-refractivity contribution is -0.276. The maximum atomic E-state index is 12.7. The van der Waals surface area contributed by atoms with E-state index < -0.39 is 5.54 Å². The summed E-state index contributed by atoms with van der Waals surface area (Å²) in [7, 11) is 0. The lowest BCUT2D eigenvalue weighted by atomic mass is 9.49. The first-order chi connectivity index (χ1) is 9.88. The van der Waals surface area contributed by atoms with Crippen molar-refractivity contribution in [1.82, 2.24) is 5.06 Å². The number of hydroxylamine groups is 2. The van der Waals surface area contributed by atoms with Crippen LogP contribution >= 0.6 is 0 Å². The van der Waals surface area contributed by atoms with E-state index in [-0.39, 0.29) is 17.8 Å². The predicted molar refractivity (Wildman–Crippen MR) is 77.0 cm³/mol. The lowest BCUT2D eigenvalue weighted by Crippen LogP contribution is -2.75. The number of carbonyl (C=O) groups excluding carboxylic acids is 2. The number of hydrogen-bond acceptors (Lipinski definition) is 4. The van der Waals surface area contributed by atoms with Gasteiger partial charge in [-0.2, -0.15) is 0 Å². The van der Waals surface area contributed by atoms with Gasteiger partial charge in [-0.1, -0.05) is 0 Å². The number of nitrogens with zero attached hydrogens (tertiary/aromatic N) is 1. The van der Waals surface area contributed by atoms with Crippen molar-refractivity contribution in [3.05, 3.63) is 0 Å². The van der Waals surface area contributed by atoms with E-state index in [2.05, 4.69) is 0 Å². The molecule has 116 valence electrons. The summed E-state index contributed by atoms with van der Waals surface area (Å²) in [6.07, 6.45) is 6.56. The van der Waals surface area contributed by atoms with Gasteiger partial charge in [0.1, 0.15) is 11.6 Å². The van der Waals surface area contributed by atoms with Gasteiger partial charge < -0.3 is 4.84 Å². The minimum atomic E-state index is -0.648. The van der Waals surface area contributed by atoms with Gasteiger partial charge in [-0.3, -0.25) is 9.59 Å². The number of Topliss-reactive ketones (excluding diaryl/α,β-unsaturated/α-hetero) is 1. The molecule has 0 radical (unpaired) electrons. The third-order valence-electron chi connectivity index (χ3n) is 6.57. The molecule has 1 saturated heterocycles. The summed E-state index contributed by atoms with van der Waals surface area (Å²) in [6.45, 7) is 5.16. The largest absolute Gasteiger partial charge is 0.367 e. The van der Waals surface area contributed by atoms with E-state index in [0.717, 1.165) is 11.8 Å². The summed E-state index contributed by atoms with van der Waals surface area (Å²) < 4.78 is 0. The molecule has 4 saturated carbocycles. The van der Waals surface area contributed by atoms with Gasteiger partial charge in [-0.25, -0.2) is 0 Å². The molecular weight excluding hydrogens is 266 g/mol. The molecule has 21 heavy (non-hydrogen) atoms. The van der Waals surface area contributed by atoms with Crippen LogP contribution < -0.4 is 0 Å². The molecule has 4 bridgehead atoms. The summed E-state index contributed by atoms with van der Waals surface area (Å²) in [5.74, 6) is 3.50. The first-order valence-electron chi connectivity index (χ1n) is 8.40. The van der Waals surface area contributed by atoms with Crippen molar-refractivity contribution in [2.75, 3.05) is 0 Å². The minimum absolute atomic E-state index is 0.182. The molecule has 4 nitrogen and oxygen atoms in total. The van der Waals surface area contributed by atoms with E-state index in [1.165, 1.54) is 39.0 Å². The van der Waals surface area contributed by atoms with Gasteiger partial charge in [0, 0.05) is 6.92 Å². The van der Waals surface area contributed by atoms with E-state index in [9.17, 15) is 9.59 Å². The predicted octanol–water partition coefficient (Wildman–Crippen LogP) is 2.57. The van der Waals surface area contributed by atoms with Crippen LogP contribution in [0.4, 0.5) is 0 Å². The van der Waals surface area contributed by atoms with Gasteiger partial charge in [-0.15, -0.1) is 5.06 Å². The molecule has 5 fully saturated rings. The Kier molecular flexibility index (Phi) is 2.82. The van der Waals surface area contributed by atoms with Crippen LogP contribution in [0, 0.1) is 29.6 Å². The van der Waals surface area contributed by atoms with E-state index in [1.54, 1.807) is 5.06 Å². The fourth-order valence-corrected chi connectivity index (χ4v) is 5.98. The van der Waals surface area contributed by atoms with Gasteiger partial charge in [-0.05, 0) is 75.5 Å². The molecule has 5 aliphatic rings. The van der Waals surface area contributed by atoms with Crippen molar-refractivity contribution < 1.29 is 14.4 Å². The molecule has 1 heterocycles. The molecule has 1 atom stereocenters. The van der Waals surface area contributed by atoms with Crippen molar-refractivity contribution in [3.8, 4) is 0 Å². The van der Waals surface area contributed by atoms with Crippen molar-refractivity contribution in [3.63, 3.8) is 0 Å². The fraction of sp³-hybridized carbons (Fsp3) is 0.882. The lowest BCUT2D eigenvalue weighted by Gasteiger charge is -2.61. The zero-order valence-electron chi connectivity index (χ0n) is 13.2. The molecule has 0 spiro atoms. The first kappa shape index (κ1) is 13.7. The van der Waals surface area contributed by atoms with Crippen LogP contribution in [0.2, 0.25) is 0 Å². The van der Waals surface area contributed by atoms with E-state index in [4.69, 9.17) is 4.84 Å². The summed E-state index contributed by atoms with van der Waals surface area (Å²) in [4.78, 5) is 29.5. The summed E-state index contributed by atoms with van der Waals surface area (Å²) in [6, 6.07) is -0.182. The Morgan fingerprint density at radius 1 is 1.10 bits per heavy atom. The standard InChI is InChI=1S/C17H25NO3/c1-9(19)21-18-15(16(20)17(18,2)3)14-12-5-10-4-11(7-12)8-13(14)6-10/h10-15H,4-8H2,1-3H3. The highest BCUT2D eigenvalue weighted by molar-refractivity contribution is 5.98. The molecule has 1 aliphatic heterocycles. The highest BCUT2D eigenvalue weighted by Crippen LogP contribution is 2.59. The maximum absolute atomic E-state index is 12.7. The number of rotatable bonds is 2. The Morgan fingerprint density at radius 3 is 2.10 bits per heavy atom. The molecule has 0 N–H and O–H groups in total. The molecule has 4 heteroatoms. The highest BCUT2D eigenvalue weighted by Gasteiger charge is 2.64. The van der Waals surface area contributed by atoms with Crippen LogP contribution in [0.25, 0.3) is 0 Å². The zero-order chi connectivity index (χ0) is 14.9. The van der Waals surface area contributed by atoms with E-state index >= 15 is 0 Å². The third kappa shape index (κ3) is 1.84. The first-order valence-corrected chi connectivity index (χ1v) is 8.40. The topological polar surface area (TPSA) is 46.6 Å². The van der Waals surface area contributed by atoms with Gasteiger partial charge in [0.15, 0.2) is 5.78 Å². The van der Waals surface area contributed by atoms with Crippen LogP contribution in [-0.4, -0.2) is 28.4 Å². The third-order valence-corrected chi connectivity index (χ3v) is 6.57. The SMILES string of the molecule is CC(=O)ON1C(C2C3CC4CC(C3)CC2C4)C(=O)C1(C)C. The molecular formula is C17H25NO3. The van der Waals surface area contributed by atoms with Crippen molar-refractivity contribution in [2.45, 2.75) is 64.5 Å². The monoisotopic (exact) mass is 291 g/mol. The smallest absolute Gasteiger partial charge is 0.322 e. The number of ketones is 1. The fourth-order valence-electron chi connectivity index (χ4n) is 5.98. The molecule has 0 aromatic carbocycles. The molecule has 4 aliphatic carbocycles. The van der Waals surface area contributed by atoms with Crippen molar-refractivity contribution in [1.29, 1.82) is 0 Å².